The van der Waals surface area contributed by atoms with Crippen LogP contribution in [0, 0.1) is 0 Å². The molecule has 0 saturated carbocycles. The molecule has 0 aliphatic heterocycles. The first-order valence-corrected chi connectivity index (χ1v) is 7.30. The molecule has 1 aromatic rings. The molecule has 0 spiro atoms. The van der Waals surface area contributed by atoms with Gasteiger partial charge in [-0.25, -0.2) is 8.42 Å². The van der Waals surface area contributed by atoms with Gasteiger partial charge in [-0.3, -0.25) is 4.72 Å². The molecule has 0 fully saturated rings. The van der Waals surface area contributed by atoms with Gasteiger partial charge >= 0.3 is 0 Å². The minimum absolute atomic E-state index is 0.109. The van der Waals surface area contributed by atoms with Crippen LogP contribution in [0.5, 0.6) is 0 Å². The van der Waals surface area contributed by atoms with Crippen molar-refractivity contribution >= 4 is 21.5 Å². The highest BCUT2D eigenvalue weighted by atomic mass is 32.2. The van der Waals surface area contributed by atoms with E-state index in [-0.39, 0.29) is 23.9 Å². The SMILES string of the molecule is CCOCCS(=O)(=O)Nc1ccccc1C(N)=NO. The molecule has 0 bridgehead atoms. The molecule has 1 rings (SSSR count). The van der Waals surface area contributed by atoms with E-state index in [2.05, 4.69) is 9.88 Å². The summed E-state index contributed by atoms with van der Waals surface area (Å²) < 4.78 is 31.0. The zero-order valence-electron chi connectivity index (χ0n) is 10.5. The van der Waals surface area contributed by atoms with Gasteiger partial charge in [-0.15, -0.1) is 0 Å². The highest BCUT2D eigenvalue weighted by Gasteiger charge is 2.14. The number of ether oxygens (including phenoxy) is 1. The molecule has 8 heteroatoms. The number of anilines is 1. The van der Waals surface area contributed by atoms with Crippen LogP contribution in [-0.4, -0.2) is 38.4 Å². The van der Waals surface area contributed by atoms with Crippen LogP contribution in [0.15, 0.2) is 29.4 Å². The summed E-state index contributed by atoms with van der Waals surface area (Å²) >= 11 is 0. The van der Waals surface area contributed by atoms with E-state index < -0.39 is 10.0 Å². The molecule has 0 aliphatic rings. The Balaban J connectivity index is 2.87. The van der Waals surface area contributed by atoms with Crippen LogP contribution in [0.3, 0.4) is 0 Å². The molecule has 4 N–H and O–H groups in total. The van der Waals surface area contributed by atoms with Gasteiger partial charge in [-0.2, -0.15) is 0 Å². The van der Waals surface area contributed by atoms with Crippen molar-refractivity contribution in [1.29, 1.82) is 0 Å². The van der Waals surface area contributed by atoms with Gasteiger partial charge in [0.2, 0.25) is 10.0 Å². The van der Waals surface area contributed by atoms with Crippen molar-refractivity contribution in [2.24, 2.45) is 10.9 Å². The number of oxime groups is 1. The van der Waals surface area contributed by atoms with E-state index >= 15 is 0 Å². The lowest BCUT2D eigenvalue weighted by atomic mass is 10.2. The smallest absolute Gasteiger partial charge is 0.235 e. The van der Waals surface area contributed by atoms with Crippen LogP contribution in [0.2, 0.25) is 0 Å². The van der Waals surface area contributed by atoms with E-state index in [0.29, 0.717) is 12.2 Å². The van der Waals surface area contributed by atoms with Crippen molar-refractivity contribution in [1.82, 2.24) is 0 Å². The molecule has 0 saturated heterocycles. The molecule has 0 unspecified atom stereocenters. The van der Waals surface area contributed by atoms with Crippen molar-refractivity contribution in [3.05, 3.63) is 29.8 Å². The molecular weight excluding hydrogens is 270 g/mol. The van der Waals surface area contributed by atoms with Crippen molar-refractivity contribution in [2.45, 2.75) is 6.92 Å². The molecule has 0 aliphatic carbocycles. The lowest BCUT2D eigenvalue weighted by molar-refractivity contribution is 0.163. The summed E-state index contributed by atoms with van der Waals surface area (Å²) in [5, 5.41) is 11.5. The van der Waals surface area contributed by atoms with Gasteiger partial charge in [0, 0.05) is 12.2 Å². The monoisotopic (exact) mass is 287 g/mol. The largest absolute Gasteiger partial charge is 0.409 e. The van der Waals surface area contributed by atoms with Crippen molar-refractivity contribution in [2.75, 3.05) is 23.7 Å². The Bertz CT molecular complexity index is 543. The Labute approximate surface area is 112 Å². The number of para-hydroxylation sites is 1. The molecule has 19 heavy (non-hydrogen) atoms. The average Bonchev–Trinajstić information content (AvgIpc) is 2.38. The van der Waals surface area contributed by atoms with E-state index in [1.807, 2.05) is 0 Å². The zero-order valence-corrected chi connectivity index (χ0v) is 11.4. The van der Waals surface area contributed by atoms with Crippen molar-refractivity contribution in [3.63, 3.8) is 0 Å². The standard InChI is InChI=1S/C11H17N3O4S/c1-2-18-7-8-19(16,17)14-10-6-4-3-5-9(10)11(12)13-15/h3-6,14-15H,2,7-8H2,1H3,(H2,12,13). The minimum Gasteiger partial charge on any atom is -0.409 e. The van der Waals surface area contributed by atoms with Gasteiger partial charge in [0.05, 0.1) is 18.0 Å². The minimum atomic E-state index is -3.54. The van der Waals surface area contributed by atoms with Gasteiger partial charge < -0.3 is 15.7 Å². The Morgan fingerprint density at radius 3 is 2.79 bits per heavy atom. The van der Waals surface area contributed by atoms with Crippen LogP contribution in [0.4, 0.5) is 5.69 Å². The number of sulfonamides is 1. The third-order valence-electron chi connectivity index (χ3n) is 2.28. The summed E-state index contributed by atoms with van der Waals surface area (Å²) in [4.78, 5) is 0. The molecule has 7 nitrogen and oxygen atoms in total. The fourth-order valence-electron chi connectivity index (χ4n) is 1.38. The molecule has 0 heterocycles. The second kappa shape index (κ2) is 6.95. The van der Waals surface area contributed by atoms with Crippen LogP contribution < -0.4 is 10.5 Å². The molecule has 0 amide bonds. The molecule has 106 valence electrons. The average molecular weight is 287 g/mol. The number of nitrogens with two attached hydrogens (primary N) is 1. The van der Waals surface area contributed by atoms with Gasteiger partial charge in [0.1, 0.15) is 0 Å². The summed E-state index contributed by atoms with van der Waals surface area (Å²) in [5.74, 6) is -0.325. The van der Waals surface area contributed by atoms with E-state index in [1.165, 1.54) is 6.07 Å². The number of nitrogens with one attached hydrogen (secondary N) is 1. The van der Waals surface area contributed by atoms with Gasteiger partial charge in [-0.1, -0.05) is 17.3 Å². The van der Waals surface area contributed by atoms with E-state index in [9.17, 15) is 8.42 Å². The maximum Gasteiger partial charge on any atom is 0.235 e. The van der Waals surface area contributed by atoms with E-state index in [1.54, 1.807) is 25.1 Å². The summed E-state index contributed by atoms with van der Waals surface area (Å²) in [6, 6.07) is 6.39. The highest BCUT2D eigenvalue weighted by molar-refractivity contribution is 7.92. The first kappa shape index (κ1) is 15.3. The normalized spacial score (nSPS) is 12.4. The Kier molecular flexibility index (Phi) is 5.58. The number of amidine groups is 1. The number of rotatable bonds is 7. The fraction of sp³-hybridized carbons (Fsp3) is 0.364. The second-order valence-corrected chi connectivity index (χ2v) is 5.49. The van der Waals surface area contributed by atoms with Gasteiger partial charge in [-0.05, 0) is 19.1 Å². The summed E-state index contributed by atoms with van der Waals surface area (Å²) in [5.41, 5.74) is 6.04. The number of hydrogen-bond acceptors (Lipinski definition) is 5. The molecule has 1 aromatic carbocycles. The summed E-state index contributed by atoms with van der Waals surface area (Å²) in [7, 11) is -3.54. The topological polar surface area (TPSA) is 114 Å². The van der Waals surface area contributed by atoms with Crippen LogP contribution in [0.25, 0.3) is 0 Å². The van der Waals surface area contributed by atoms with Crippen molar-refractivity contribution < 1.29 is 18.4 Å². The third-order valence-corrected chi connectivity index (χ3v) is 3.51. The first-order chi connectivity index (χ1) is 9.00. The van der Waals surface area contributed by atoms with E-state index in [4.69, 9.17) is 15.7 Å². The first-order valence-electron chi connectivity index (χ1n) is 5.65. The Morgan fingerprint density at radius 2 is 2.16 bits per heavy atom. The maximum absolute atomic E-state index is 11.8. The fourth-order valence-corrected chi connectivity index (χ4v) is 2.33. The van der Waals surface area contributed by atoms with Gasteiger partial charge in [0.25, 0.3) is 0 Å². The van der Waals surface area contributed by atoms with Crippen LogP contribution in [-0.2, 0) is 14.8 Å². The maximum atomic E-state index is 11.8. The predicted molar refractivity (Wildman–Crippen MR) is 72.9 cm³/mol. The second-order valence-electron chi connectivity index (χ2n) is 3.65. The number of nitrogens with zero attached hydrogens (tertiary/aromatic N) is 1. The van der Waals surface area contributed by atoms with Gasteiger partial charge in [0.15, 0.2) is 5.84 Å². The molecule has 0 atom stereocenters. The Morgan fingerprint density at radius 1 is 1.47 bits per heavy atom. The van der Waals surface area contributed by atoms with E-state index in [0.717, 1.165) is 0 Å². The molecule has 0 radical (unpaired) electrons. The van der Waals surface area contributed by atoms with Crippen molar-refractivity contribution in [3.8, 4) is 0 Å². The summed E-state index contributed by atoms with van der Waals surface area (Å²) in [6.07, 6.45) is 0. The lowest BCUT2D eigenvalue weighted by Gasteiger charge is -2.11. The number of benzene rings is 1. The predicted octanol–water partition coefficient (Wildman–Crippen LogP) is 0.559. The lowest BCUT2D eigenvalue weighted by Crippen LogP contribution is -2.23. The summed E-state index contributed by atoms with van der Waals surface area (Å²) in [6.45, 7) is 2.35. The highest BCUT2D eigenvalue weighted by Crippen LogP contribution is 2.16. The molecular formula is C11H17N3O4S. The third kappa shape index (κ3) is 4.76. The number of hydrogen-bond donors (Lipinski definition) is 3. The van der Waals surface area contributed by atoms with Crippen LogP contribution in [0.1, 0.15) is 12.5 Å². The van der Waals surface area contributed by atoms with Crippen LogP contribution >= 0.6 is 0 Å². The zero-order chi connectivity index (χ0) is 14.3. The molecule has 0 aromatic heterocycles. The Hall–Kier alpha value is -1.80. The quantitative estimate of drug-likeness (QED) is 0.223.